The number of carbonyl (C=O) groups excluding carboxylic acids is 1. The lowest BCUT2D eigenvalue weighted by molar-refractivity contribution is -0.127. The van der Waals surface area contributed by atoms with E-state index in [2.05, 4.69) is 10.3 Å². The fourth-order valence-electron chi connectivity index (χ4n) is 2.16. The highest BCUT2D eigenvalue weighted by molar-refractivity contribution is 7.10. The Labute approximate surface area is 97.9 Å². The van der Waals surface area contributed by atoms with Crippen LogP contribution < -0.4 is 5.32 Å². The van der Waals surface area contributed by atoms with Crippen LogP contribution in [0.25, 0.3) is 0 Å². The Kier molecular flexibility index (Phi) is 3.09. The van der Waals surface area contributed by atoms with E-state index in [-0.39, 0.29) is 5.78 Å². The van der Waals surface area contributed by atoms with E-state index in [4.69, 9.17) is 11.6 Å². The average molecular weight is 245 g/mol. The molecular formula is C10H13ClN2OS. The van der Waals surface area contributed by atoms with E-state index in [1.807, 2.05) is 7.05 Å². The number of hydrogen-bond acceptors (Lipinski definition) is 4. The van der Waals surface area contributed by atoms with Crippen molar-refractivity contribution in [2.45, 2.75) is 31.2 Å². The van der Waals surface area contributed by atoms with Gasteiger partial charge in [-0.2, -0.15) is 0 Å². The summed E-state index contributed by atoms with van der Waals surface area (Å²) in [6.45, 7) is 0. The van der Waals surface area contributed by atoms with Crippen molar-refractivity contribution in [1.82, 2.24) is 10.3 Å². The van der Waals surface area contributed by atoms with Crippen LogP contribution in [0.15, 0.2) is 5.51 Å². The third-order valence-electron chi connectivity index (χ3n) is 3.02. The van der Waals surface area contributed by atoms with Crippen LogP contribution in [0.3, 0.4) is 0 Å². The first-order chi connectivity index (χ1) is 7.20. The van der Waals surface area contributed by atoms with Crippen molar-refractivity contribution < 1.29 is 4.79 Å². The van der Waals surface area contributed by atoms with E-state index in [9.17, 15) is 4.79 Å². The maximum Gasteiger partial charge on any atom is 0.158 e. The number of halogens is 1. The number of nitrogens with zero attached hydrogens (tertiary/aromatic N) is 1. The molecule has 3 nitrogen and oxygen atoms in total. The minimum Gasteiger partial charge on any atom is -0.304 e. The molecule has 0 bridgehead atoms. The number of rotatable bonds is 2. The summed E-state index contributed by atoms with van der Waals surface area (Å²) in [6, 6.07) is 0. The van der Waals surface area contributed by atoms with Crippen molar-refractivity contribution in [1.29, 1.82) is 0 Å². The largest absolute Gasteiger partial charge is 0.304 e. The highest BCUT2D eigenvalue weighted by atomic mass is 35.5. The molecular weight excluding hydrogens is 232 g/mol. The van der Waals surface area contributed by atoms with Crippen molar-refractivity contribution in [3.8, 4) is 0 Å². The van der Waals surface area contributed by atoms with Crippen LogP contribution in [-0.2, 0) is 10.3 Å². The number of thiazole rings is 1. The van der Waals surface area contributed by atoms with Crippen LogP contribution >= 0.6 is 22.9 Å². The van der Waals surface area contributed by atoms with Crippen LogP contribution in [-0.4, -0.2) is 17.8 Å². The quantitative estimate of drug-likeness (QED) is 0.869. The Morgan fingerprint density at radius 3 is 2.93 bits per heavy atom. The Morgan fingerprint density at radius 2 is 2.40 bits per heavy atom. The second-order valence-corrected chi connectivity index (χ2v) is 4.97. The van der Waals surface area contributed by atoms with Crippen molar-refractivity contribution in [3.05, 3.63) is 15.5 Å². The maximum atomic E-state index is 12.1. The smallest absolute Gasteiger partial charge is 0.158 e. The Hall–Kier alpha value is -0.450. The zero-order valence-corrected chi connectivity index (χ0v) is 10.1. The van der Waals surface area contributed by atoms with Crippen molar-refractivity contribution >= 4 is 28.7 Å². The molecule has 0 aromatic carbocycles. The van der Waals surface area contributed by atoms with Gasteiger partial charge in [0.1, 0.15) is 10.7 Å². The van der Waals surface area contributed by atoms with Gasteiger partial charge >= 0.3 is 0 Å². The van der Waals surface area contributed by atoms with Gasteiger partial charge in [-0.3, -0.25) is 4.79 Å². The number of carbonyl (C=O) groups is 1. The summed E-state index contributed by atoms with van der Waals surface area (Å²) in [5.41, 5.74) is 1.12. The average Bonchev–Trinajstić information content (AvgIpc) is 2.66. The minimum absolute atomic E-state index is 0.238. The molecule has 2 rings (SSSR count). The molecule has 5 heteroatoms. The van der Waals surface area contributed by atoms with E-state index >= 15 is 0 Å². The van der Waals surface area contributed by atoms with Gasteiger partial charge in [-0.15, -0.1) is 11.3 Å². The summed E-state index contributed by atoms with van der Waals surface area (Å²) < 4.78 is 0. The van der Waals surface area contributed by atoms with Gasteiger partial charge in [-0.05, 0) is 19.9 Å². The van der Waals surface area contributed by atoms with Gasteiger partial charge in [-0.25, -0.2) is 4.98 Å². The number of hydrogen-bond donors (Lipinski definition) is 1. The lowest BCUT2D eigenvalue weighted by Gasteiger charge is -2.34. The van der Waals surface area contributed by atoms with E-state index in [1.165, 1.54) is 11.3 Å². The summed E-state index contributed by atoms with van der Waals surface area (Å²) in [4.78, 5) is 16.9. The molecule has 82 valence electrons. The van der Waals surface area contributed by atoms with Crippen molar-refractivity contribution in [3.63, 3.8) is 0 Å². The van der Waals surface area contributed by atoms with Crippen LogP contribution in [0.5, 0.6) is 0 Å². The van der Waals surface area contributed by atoms with Gasteiger partial charge in [0, 0.05) is 6.42 Å². The normalized spacial score (nSPS) is 26.9. The molecule has 1 fully saturated rings. The molecule has 0 unspecified atom stereocenters. The highest BCUT2D eigenvalue weighted by Gasteiger charge is 2.42. The molecule has 1 saturated carbocycles. The Morgan fingerprint density at radius 1 is 1.60 bits per heavy atom. The lowest BCUT2D eigenvalue weighted by atomic mass is 9.80. The first-order valence-electron chi connectivity index (χ1n) is 5.02. The van der Waals surface area contributed by atoms with Gasteiger partial charge in [0.25, 0.3) is 0 Å². The van der Waals surface area contributed by atoms with E-state index in [1.54, 1.807) is 5.51 Å². The summed E-state index contributed by atoms with van der Waals surface area (Å²) in [6.07, 6.45) is 3.50. The standard InChI is InChI=1S/C10H13ClN2OS/c1-12-10(5-3-2-4-7(10)14)8-9(11)13-6-15-8/h6,12H,2-5H2,1H3/t10-/m1/s1. The molecule has 1 aliphatic carbocycles. The summed E-state index contributed by atoms with van der Waals surface area (Å²) in [5.74, 6) is 0.238. The zero-order valence-electron chi connectivity index (χ0n) is 8.55. The topological polar surface area (TPSA) is 42.0 Å². The van der Waals surface area contributed by atoms with Gasteiger partial charge in [0.15, 0.2) is 5.78 Å². The maximum absolute atomic E-state index is 12.1. The van der Waals surface area contributed by atoms with E-state index in [0.717, 1.165) is 24.1 Å². The van der Waals surface area contributed by atoms with Crippen LogP contribution in [0.1, 0.15) is 30.6 Å². The molecule has 0 amide bonds. The number of nitrogens with one attached hydrogen (secondary N) is 1. The van der Waals surface area contributed by atoms with Gasteiger partial charge in [0.2, 0.25) is 0 Å². The number of aromatic nitrogens is 1. The predicted molar refractivity (Wildman–Crippen MR) is 61.3 cm³/mol. The van der Waals surface area contributed by atoms with Crippen LogP contribution in [0, 0.1) is 0 Å². The number of Topliss-reactive ketones (excluding diaryl/α,β-unsaturated/α-hetero) is 1. The molecule has 0 spiro atoms. The van der Waals surface area contributed by atoms with Gasteiger partial charge < -0.3 is 5.32 Å². The third-order valence-corrected chi connectivity index (χ3v) is 4.41. The Bertz CT molecular complexity index is 379. The molecule has 1 heterocycles. The fraction of sp³-hybridized carbons (Fsp3) is 0.600. The fourth-order valence-corrected chi connectivity index (χ4v) is 3.49. The third kappa shape index (κ3) is 1.71. The number of likely N-dealkylation sites (N-methyl/N-ethyl adjacent to an activating group) is 1. The molecule has 1 N–H and O–H groups in total. The number of ketones is 1. The summed E-state index contributed by atoms with van der Waals surface area (Å²) in [7, 11) is 1.82. The van der Waals surface area contributed by atoms with E-state index < -0.39 is 5.54 Å². The summed E-state index contributed by atoms with van der Waals surface area (Å²) in [5, 5.41) is 3.61. The highest BCUT2D eigenvalue weighted by Crippen LogP contribution is 2.39. The molecule has 0 aliphatic heterocycles. The predicted octanol–water partition coefficient (Wildman–Crippen LogP) is 2.35. The molecule has 1 atom stereocenters. The molecule has 1 aliphatic rings. The second-order valence-electron chi connectivity index (χ2n) is 3.76. The second kappa shape index (κ2) is 4.20. The SMILES string of the molecule is CN[C@]1(c2scnc2Cl)CCCCC1=O. The van der Waals surface area contributed by atoms with Crippen LogP contribution in [0.4, 0.5) is 0 Å². The van der Waals surface area contributed by atoms with Gasteiger partial charge in [-0.1, -0.05) is 18.0 Å². The van der Waals surface area contributed by atoms with Gasteiger partial charge in [0.05, 0.1) is 10.4 Å². The molecule has 1 aromatic rings. The van der Waals surface area contributed by atoms with Crippen molar-refractivity contribution in [2.75, 3.05) is 7.05 Å². The molecule has 1 aromatic heterocycles. The van der Waals surface area contributed by atoms with Crippen molar-refractivity contribution in [2.24, 2.45) is 0 Å². The zero-order chi connectivity index (χ0) is 10.9. The first kappa shape index (κ1) is 11.0. The monoisotopic (exact) mass is 244 g/mol. The molecule has 15 heavy (non-hydrogen) atoms. The Balaban J connectivity index is 2.44. The van der Waals surface area contributed by atoms with Crippen LogP contribution in [0.2, 0.25) is 5.15 Å². The lowest BCUT2D eigenvalue weighted by Crippen LogP contribution is -2.48. The summed E-state index contributed by atoms with van der Waals surface area (Å²) >= 11 is 7.47. The van der Waals surface area contributed by atoms with E-state index in [0.29, 0.717) is 11.6 Å². The minimum atomic E-state index is -0.573. The first-order valence-corrected chi connectivity index (χ1v) is 6.28. The molecule has 0 radical (unpaired) electrons. The molecule has 0 saturated heterocycles.